The van der Waals surface area contributed by atoms with Gasteiger partial charge in [-0.05, 0) is 55.7 Å². The molecule has 0 saturated heterocycles. The summed E-state index contributed by atoms with van der Waals surface area (Å²) in [6, 6.07) is 6.14. The third kappa shape index (κ3) is 9.62. The average Bonchev–Trinajstić information content (AvgIpc) is 2.57. The van der Waals surface area contributed by atoms with Gasteiger partial charge in [-0.2, -0.15) is 0 Å². The molecule has 0 fully saturated rings. The number of benzene rings is 1. The smallest absolute Gasteiger partial charge is 0.191 e. The van der Waals surface area contributed by atoms with E-state index >= 15 is 0 Å². The molecule has 1 atom stereocenters. The number of halogens is 1. The highest BCUT2D eigenvalue weighted by Crippen LogP contribution is 2.19. The minimum Gasteiger partial charge on any atom is -0.496 e. The van der Waals surface area contributed by atoms with Gasteiger partial charge in [-0.1, -0.05) is 26.0 Å². The zero-order chi connectivity index (χ0) is 18.7. The van der Waals surface area contributed by atoms with E-state index in [-0.39, 0.29) is 30.6 Å². The number of guanidine groups is 1. The molecule has 1 unspecified atom stereocenters. The molecule has 0 aliphatic carbocycles. The van der Waals surface area contributed by atoms with Crippen LogP contribution in [-0.2, 0) is 6.54 Å². The first-order chi connectivity index (χ1) is 12.0. The molecule has 3 N–H and O–H groups in total. The lowest BCUT2D eigenvalue weighted by atomic mass is 9.94. The molecular weight excluding hydrogens is 441 g/mol. The van der Waals surface area contributed by atoms with E-state index in [0.29, 0.717) is 18.4 Å². The minimum atomic E-state index is 0. The second kappa shape index (κ2) is 14.1. The summed E-state index contributed by atoms with van der Waals surface area (Å²) >= 11 is 0. The molecule has 0 saturated carbocycles. The molecule has 0 spiro atoms. The lowest BCUT2D eigenvalue weighted by Crippen LogP contribution is -2.40. The van der Waals surface area contributed by atoms with Crippen molar-refractivity contribution in [1.82, 2.24) is 10.6 Å². The van der Waals surface area contributed by atoms with E-state index in [2.05, 4.69) is 42.5 Å². The molecule has 150 valence electrons. The van der Waals surface area contributed by atoms with Crippen LogP contribution in [0.2, 0.25) is 0 Å². The van der Waals surface area contributed by atoms with Crippen molar-refractivity contribution >= 4 is 29.9 Å². The van der Waals surface area contributed by atoms with E-state index in [1.54, 1.807) is 7.11 Å². The van der Waals surface area contributed by atoms with Gasteiger partial charge in [-0.3, -0.25) is 0 Å². The van der Waals surface area contributed by atoms with Gasteiger partial charge < -0.3 is 20.5 Å². The Morgan fingerprint density at radius 3 is 2.54 bits per heavy atom. The molecule has 0 bridgehead atoms. The second-order valence-electron chi connectivity index (χ2n) is 6.89. The predicted octanol–water partition coefficient (Wildman–Crippen LogP) is 3.72. The van der Waals surface area contributed by atoms with Crippen LogP contribution >= 0.6 is 24.0 Å². The molecule has 0 aliphatic heterocycles. The summed E-state index contributed by atoms with van der Waals surface area (Å²) < 4.78 is 5.30. The molecule has 0 amide bonds. The molecule has 0 aromatic heterocycles. The number of aliphatic hydroxyl groups excluding tert-OH is 1. The van der Waals surface area contributed by atoms with Crippen molar-refractivity contribution < 1.29 is 9.84 Å². The first-order valence-corrected chi connectivity index (χ1v) is 9.26. The fraction of sp³-hybridized carbons (Fsp3) is 0.650. The normalized spacial score (nSPS) is 12.5. The molecule has 0 heterocycles. The number of methoxy groups -OCH3 is 1. The van der Waals surface area contributed by atoms with Gasteiger partial charge in [0, 0.05) is 19.7 Å². The molecular formula is C20H36IN3O2. The van der Waals surface area contributed by atoms with Crippen LogP contribution in [0, 0.1) is 18.8 Å². The summed E-state index contributed by atoms with van der Waals surface area (Å²) in [4.78, 5) is 4.68. The first kappa shape index (κ1) is 25.0. The van der Waals surface area contributed by atoms with E-state index in [9.17, 15) is 5.11 Å². The Labute approximate surface area is 176 Å². The highest BCUT2D eigenvalue weighted by atomic mass is 127. The Morgan fingerprint density at radius 1 is 1.27 bits per heavy atom. The van der Waals surface area contributed by atoms with Gasteiger partial charge in [-0.25, -0.2) is 4.99 Å². The van der Waals surface area contributed by atoms with E-state index in [0.717, 1.165) is 48.8 Å². The molecule has 26 heavy (non-hydrogen) atoms. The number of rotatable bonds is 10. The Balaban J connectivity index is 0.00000625. The summed E-state index contributed by atoms with van der Waals surface area (Å²) in [5.41, 5.74) is 2.28. The molecule has 6 heteroatoms. The Kier molecular flexibility index (Phi) is 13.5. The molecule has 1 rings (SSSR count). The number of aliphatic hydroxyl groups is 1. The highest BCUT2D eigenvalue weighted by molar-refractivity contribution is 14.0. The van der Waals surface area contributed by atoms with Crippen molar-refractivity contribution in [2.24, 2.45) is 16.8 Å². The largest absolute Gasteiger partial charge is 0.496 e. The molecule has 0 aliphatic rings. The molecule has 1 aromatic carbocycles. The third-order valence-electron chi connectivity index (χ3n) is 4.12. The number of nitrogens with one attached hydrogen (secondary N) is 2. The summed E-state index contributed by atoms with van der Waals surface area (Å²) in [5, 5.41) is 16.0. The summed E-state index contributed by atoms with van der Waals surface area (Å²) in [6.07, 6.45) is 1.92. The SMILES string of the molecule is CCNC(=NCc1ccc(OC)c(C)c1)NCC(CCO)CC(C)C.I. The van der Waals surface area contributed by atoms with Crippen molar-refractivity contribution in [3.8, 4) is 5.75 Å². The van der Waals surface area contributed by atoms with Gasteiger partial charge in [0.1, 0.15) is 5.75 Å². The lowest BCUT2D eigenvalue weighted by molar-refractivity contribution is 0.243. The summed E-state index contributed by atoms with van der Waals surface area (Å²) in [5.74, 6) is 2.80. The first-order valence-electron chi connectivity index (χ1n) is 9.26. The monoisotopic (exact) mass is 477 g/mol. The van der Waals surface area contributed by atoms with Crippen molar-refractivity contribution in [1.29, 1.82) is 0 Å². The zero-order valence-electron chi connectivity index (χ0n) is 16.8. The summed E-state index contributed by atoms with van der Waals surface area (Å²) in [6.45, 7) is 11.0. The fourth-order valence-electron chi connectivity index (χ4n) is 2.94. The highest BCUT2D eigenvalue weighted by Gasteiger charge is 2.11. The predicted molar refractivity (Wildman–Crippen MR) is 121 cm³/mol. The quantitative estimate of drug-likeness (QED) is 0.273. The minimum absolute atomic E-state index is 0. The van der Waals surface area contributed by atoms with Crippen LogP contribution in [0.25, 0.3) is 0 Å². The number of aryl methyl sites for hydroxylation is 1. The maximum absolute atomic E-state index is 9.26. The maximum atomic E-state index is 9.26. The number of hydrogen-bond donors (Lipinski definition) is 3. The van der Waals surface area contributed by atoms with Crippen LogP contribution < -0.4 is 15.4 Å². The lowest BCUT2D eigenvalue weighted by Gasteiger charge is -2.20. The van der Waals surface area contributed by atoms with Crippen LogP contribution in [0.15, 0.2) is 23.2 Å². The average molecular weight is 477 g/mol. The van der Waals surface area contributed by atoms with Gasteiger partial charge in [0.15, 0.2) is 5.96 Å². The molecule has 0 radical (unpaired) electrons. The van der Waals surface area contributed by atoms with Crippen LogP contribution in [0.1, 0.15) is 44.7 Å². The number of nitrogens with zero attached hydrogens (tertiary/aromatic N) is 1. The van der Waals surface area contributed by atoms with Crippen molar-refractivity contribution in [2.45, 2.75) is 47.1 Å². The van der Waals surface area contributed by atoms with Crippen molar-refractivity contribution in [3.63, 3.8) is 0 Å². The number of hydrogen-bond acceptors (Lipinski definition) is 3. The zero-order valence-corrected chi connectivity index (χ0v) is 19.2. The molecule has 5 nitrogen and oxygen atoms in total. The van der Waals surface area contributed by atoms with E-state index < -0.39 is 0 Å². The van der Waals surface area contributed by atoms with Crippen LogP contribution in [0.5, 0.6) is 5.75 Å². The van der Waals surface area contributed by atoms with Crippen LogP contribution in [-0.4, -0.2) is 37.9 Å². The summed E-state index contributed by atoms with van der Waals surface area (Å²) in [7, 11) is 1.69. The van der Waals surface area contributed by atoms with Gasteiger partial charge in [-0.15, -0.1) is 24.0 Å². The van der Waals surface area contributed by atoms with E-state index in [1.165, 1.54) is 0 Å². The van der Waals surface area contributed by atoms with Gasteiger partial charge >= 0.3 is 0 Å². The Hall–Kier alpha value is -1.02. The number of aliphatic imine (C=N–C) groups is 1. The van der Waals surface area contributed by atoms with Gasteiger partial charge in [0.2, 0.25) is 0 Å². The van der Waals surface area contributed by atoms with Crippen LogP contribution in [0.3, 0.4) is 0 Å². The van der Waals surface area contributed by atoms with E-state index in [1.807, 2.05) is 19.1 Å². The topological polar surface area (TPSA) is 65.9 Å². The second-order valence-corrected chi connectivity index (χ2v) is 6.89. The molecule has 1 aromatic rings. The number of ether oxygens (including phenoxy) is 1. The van der Waals surface area contributed by atoms with Crippen molar-refractivity contribution in [3.05, 3.63) is 29.3 Å². The standard InChI is InChI=1S/C20H35N3O2.HI/c1-6-21-20(23-14-18(9-10-24)11-15(2)3)22-13-17-7-8-19(25-5)16(4)12-17;/h7-8,12,15,18,24H,6,9-11,13-14H2,1-5H3,(H2,21,22,23);1H. The van der Waals surface area contributed by atoms with Gasteiger partial charge in [0.05, 0.1) is 13.7 Å². The Bertz CT molecular complexity index is 536. The van der Waals surface area contributed by atoms with E-state index in [4.69, 9.17) is 4.74 Å². The third-order valence-corrected chi connectivity index (χ3v) is 4.12. The Morgan fingerprint density at radius 2 is 2.00 bits per heavy atom. The maximum Gasteiger partial charge on any atom is 0.191 e. The van der Waals surface area contributed by atoms with Crippen molar-refractivity contribution in [2.75, 3.05) is 26.8 Å². The van der Waals surface area contributed by atoms with Crippen LogP contribution in [0.4, 0.5) is 0 Å². The fourth-order valence-corrected chi connectivity index (χ4v) is 2.94. The van der Waals surface area contributed by atoms with Gasteiger partial charge in [0.25, 0.3) is 0 Å².